The minimum atomic E-state index is -0.376. The average molecular weight is 276 g/mol. The Morgan fingerprint density at radius 3 is 2.74 bits per heavy atom. The van der Waals surface area contributed by atoms with E-state index in [9.17, 15) is 4.79 Å². The third-order valence-electron chi connectivity index (χ3n) is 2.80. The van der Waals surface area contributed by atoms with Gasteiger partial charge < -0.3 is 0 Å². The predicted molar refractivity (Wildman–Crippen MR) is 74.2 cm³/mol. The van der Waals surface area contributed by atoms with Crippen LogP contribution in [0.3, 0.4) is 0 Å². The minimum Gasteiger partial charge on any atom is -0.289 e. The van der Waals surface area contributed by atoms with E-state index in [0.29, 0.717) is 6.42 Å². The Bertz CT molecular complexity index is 525. The molecule has 0 aliphatic carbocycles. The molecular weight excluding hydrogens is 260 g/mol. The molecule has 5 heteroatoms. The van der Waals surface area contributed by atoms with Crippen LogP contribution < -0.4 is 5.48 Å². The number of carbonyl (C=O) groups is 1. The third kappa shape index (κ3) is 4.46. The molecule has 1 aromatic carbocycles. The molecule has 0 atom stereocenters. The number of aromatic nitrogens is 1. The Hall–Kier alpha value is -1.72. The molecule has 0 radical (unpaired) electrons. The van der Waals surface area contributed by atoms with E-state index in [2.05, 4.69) is 17.1 Å². The van der Waals surface area contributed by atoms with Gasteiger partial charge in [0.25, 0.3) is 0 Å². The van der Waals surface area contributed by atoms with Gasteiger partial charge in [-0.15, -0.1) is 11.3 Å². The molecule has 0 unspecified atom stereocenters. The molecule has 4 nitrogen and oxygen atoms in total. The molecule has 1 heterocycles. The van der Waals surface area contributed by atoms with Gasteiger partial charge in [0.2, 0.25) is 5.91 Å². The quantitative estimate of drug-likeness (QED) is 0.629. The number of rotatable bonds is 6. The summed E-state index contributed by atoms with van der Waals surface area (Å²) in [6, 6.07) is 10.3. The van der Waals surface area contributed by atoms with Crippen LogP contribution in [-0.2, 0) is 24.1 Å². The van der Waals surface area contributed by atoms with E-state index in [1.165, 1.54) is 5.56 Å². The summed E-state index contributed by atoms with van der Waals surface area (Å²) >= 11 is 1.62. The lowest BCUT2D eigenvalue weighted by Crippen LogP contribution is -2.18. The summed E-state index contributed by atoms with van der Waals surface area (Å²) in [5.74, 6) is -0.376. The molecule has 19 heavy (non-hydrogen) atoms. The van der Waals surface area contributed by atoms with Crippen LogP contribution in [-0.4, -0.2) is 16.1 Å². The molecule has 0 aliphatic heterocycles. The molecule has 2 aromatic rings. The molecule has 2 N–H and O–H groups in total. The van der Waals surface area contributed by atoms with Crippen LogP contribution in [0.4, 0.5) is 0 Å². The van der Waals surface area contributed by atoms with Crippen molar-refractivity contribution in [1.29, 1.82) is 0 Å². The van der Waals surface area contributed by atoms with Crippen molar-refractivity contribution >= 4 is 17.2 Å². The van der Waals surface area contributed by atoms with E-state index in [1.54, 1.807) is 16.8 Å². The van der Waals surface area contributed by atoms with Gasteiger partial charge in [-0.3, -0.25) is 10.0 Å². The third-order valence-corrected chi connectivity index (χ3v) is 3.76. The molecule has 0 spiro atoms. The Morgan fingerprint density at radius 2 is 2.00 bits per heavy atom. The van der Waals surface area contributed by atoms with Crippen molar-refractivity contribution in [1.82, 2.24) is 10.5 Å². The van der Waals surface area contributed by atoms with Crippen molar-refractivity contribution in [3.63, 3.8) is 0 Å². The van der Waals surface area contributed by atoms with Gasteiger partial charge in [0.15, 0.2) is 0 Å². The van der Waals surface area contributed by atoms with Crippen molar-refractivity contribution in [3.8, 4) is 0 Å². The first-order chi connectivity index (χ1) is 9.28. The van der Waals surface area contributed by atoms with Crippen LogP contribution >= 0.6 is 11.3 Å². The van der Waals surface area contributed by atoms with Gasteiger partial charge in [0, 0.05) is 18.2 Å². The Kier molecular flexibility index (Phi) is 5.06. The van der Waals surface area contributed by atoms with Crippen molar-refractivity contribution in [2.24, 2.45) is 0 Å². The maximum atomic E-state index is 10.9. The number of nitrogens with zero attached hydrogens (tertiary/aromatic N) is 1. The normalized spacial score (nSPS) is 10.4. The number of aryl methyl sites for hydroxylation is 3. The largest absolute Gasteiger partial charge is 0.289 e. The van der Waals surface area contributed by atoms with Crippen molar-refractivity contribution in [2.45, 2.75) is 25.7 Å². The van der Waals surface area contributed by atoms with Crippen molar-refractivity contribution in [2.75, 3.05) is 0 Å². The maximum absolute atomic E-state index is 10.9. The standard InChI is InChI=1S/C14H16N2O2S/c17-13(16-18)8-7-12-10-19-14(15-12)9-6-11-4-2-1-3-5-11/h1-5,10,18H,6-9H2,(H,16,17). The fraction of sp³-hybridized carbons (Fsp3) is 0.286. The second-order valence-electron chi connectivity index (χ2n) is 4.25. The Labute approximate surface area is 116 Å². The fourth-order valence-corrected chi connectivity index (χ4v) is 2.60. The Morgan fingerprint density at radius 1 is 1.21 bits per heavy atom. The van der Waals surface area contributed by atoms with Gasteiger partial charge in [0.05, 0.1) is 10.7 Å². The van der Waals surface area contributed by atoms with Crippen LogP contribution in [0.1, 0.15) is 22.7 Å². The number of carbonyl (C=O) groups excluding carboxylic acids is 1. The zero-order chi connectivity index (χ0) is 13.5. The van der Waals surface area contributed by atoms with Gasteiger partial charge in [-0.2, -0.15) is 0 Å². The lowest BCUT2D eigenvalue weighted by molar-refractivity contribution is -0.129. The molecule has 1 aromatic heterocycles. The maximum Gasteiger partial charge on any atom is 0.243 e. The number of hydrogen-bond donors (Lipinski definition) is 2. The first kappa shape index (κ1) is 13.7. The topological polar surface area (TPSA) is 62.2 Å². The highest BCUT2D eigenvalue weighted by Gasteiger charge is 2.05. The second-order valence-corrected chi connectivity index (χ2v) is 5.20. The number of amides is 1. The zero-order valence-corrected chi connectivity index (χ0v) is 11.3. The molecule has 0 fully saturated rings. The SMILES string of the molecule is O=C(CCc1csc(CCc2ccccc2)n1)NO. The number of benzene rings is 1. The molecule has 0 bridgehead atoms. The highest BCUT2D eigenvalue weighted by Crippen LogP contribution is 2.14. The summed E-state index contributed by atoms with van der Waals surface area (Å²) in [4.78, 5) is 15.4. The fourth-order valence-electron chi connectivity index (χ4n) is 1.77. The smallest absolute Gasteiger partial charge is 0.243 e. The van der Waals surface area contributed by atoms with Gasteiger partial charge in [-0.25, -0.2) is 10.5 Å². The van der Waals surface area contributed by atoms with E-state index in [-0.39, 0.29) is 12.3 Å². The highest BCUT2D eigenvalue weighted by atomic mass is 32.1. The van der Waals surface area contributed by atoms with E-state index in [1.807, 2.05) is 23.6 Å². The first-order valence-corrected chi connectivity index (χ1v) is 7.06. The van der Waals surface area contributed by atoms with E-state index in [4.69, 9.17) is 5.21 Å². The van der Waals surface area contributed by atoms with Crippen LogP contribution in [0.25, 0.3) is 0 Å². The average Bonchev–Trinajstić information content (AvgIpc) is 2.91. The monoisotopic (exact) mass is 276 g/mol. The number of hydrogen-bond acceptors (Lipinski definition) is 4. The molecule has 100 valence electrons. The Balaban J connectivity index is 1.82. The molecular formula is C14H16N2O2S. The van der Waals surface area contributed by atoms with Gasteiger partial charge in [-0.05, 0) is 18.4 Å². The number of nitrogens with one attached hydrogen (secondary N) is 1. The minimum absolute atomic E-state index is 0.262. The van der Waals surface area contributed by atoms with E-state index in [0.717, 1.165) is 23.5 Å². The lowest BCUT2D eigenvalue weighted by Gasteiger charge is -1.98. The summed E-state index contributed by atoms with van der Waals surface area (Å²) in [7, 11) is 0. The predicted octanol–water partition coefficient (Wildman–Crippen LogP) is 2.37. The van der Waals surface area contributed by atoms with E-state index < -0.39 is 0 Å². The summed E-state index contributed by atoms with van der Waals surface area (Å²) in [6.45, 7) is 0. The van der Waals surface area contributed by atoms with Crippen LogP contribution in [0.15, 0.2) is 35.7 Å². The highest BCUT2D eigenvalue weighted by molar-refractivity contribution is 7.09. The number of thiazole rings is 1. The zero-order valence-electron chi connectivity index (χ0n) is 10.5. The molecule has 1 amide bonds. The van der Waals surface area contributed by atoms with Crippen LogP contribution in [0.5, 0.6) is 0 Å². The summed E-state index contributed by atoms with van der Waals surface area (Å²) in [5, 5.41) is 11.5. The first-order valence-electron chi connectivity index (χ1n) is 6.18. The molecule has 0 saturated heterocycles. The summed E-state index contributed by atoms with van der Waals surface area (Å²) < 4.78 is 0. The van der Waals surface area contributed by atoms with Gasteiger partial charge in [0.1, 0.15) is 0 Å². The summed E-state index contributed by atoms with van der Waals surface area (Å²) in [5.41, 5.74) is 3.84. The van der Waals surface area contributed by atoms with Crippen LogP contribution in [0, 0.1) is 0 Å². The molecule has 0 saturated carbocycles. The van der Waals surface area contributed by atoms with Gasteiger partial charge >= 0.3 is 0 Å². The lowest BCUT2D eigenvalue weighted by atomic mass is 10.1. The molecule has 0 aliphatic rings. The second kappa shape index (κ2) is 7.01. The summed E-state index contributed by atoms with van der Waals surface area (Å²) in [6.07, 6.45) is 2.72. The van der Waals surface area contributed by atoms with Crippen molar-refractivity contribution < 1.29 is 10.0 Å². The molecule has 2 rings (SSSR count). The van der Waals surface area contributed by atoms with Gasteiger partial charge in [-0.1, -0.05) is 30.3 Å². The van der Waals surface area contributed by atoms with Crippen LogP contribution in [0.2, 0.25) is 0 Å². The van der Waals surface area contributed by atoms with E-state index >= 15 is 0 Å². The number of hydroxylamine groups is 1. The van der Waals surface area contributed by atoms with Crippen molar-refractivity contribution in [3.05, 3.63) is 52.0 Å².